The predicted octanol–water partition coefficient (Wildman–Crippen LogP) is 4.83. The molecule has 0 aliphatic rings. The Kier molecular flexibility index (Phi) is 11.3. The minimum absolute atomic E-state index is 0.0414. The summed E-state index contributed by atoms with van der Waals surface area (Å²) < 4.78 is 16.5. The molecule has 3 aromatic carbocycles. The molecule has 0 fully saturated rings. The lowest BCUT2D eigenvalue weighted by Crippen LogP contribution is -2.45. The summed E-state index contributed by atoms with van der Waals surface area (Å²) in [5.41, 5.74) is 4.10. The summed E-state index contributed by atoms with van der Waals surface area (Å²) in [6.45, 7) is 1.94. The Balaban J connectivity index is 1.47. The van der Waals surface area contributed by atoms with Crippen LogP contribution in [0.25, 0.3) is 10.9 Å². The summed E-state index contributed by atoms with van der Waals surface area (Å²) in [5.74, 6) is 0.364. The van der Waals surface area contributed by atoms with Crippen LogP contribution in [0.5, 0.6) is 5.75 Å². The van der Waals surface area contributed by atoms with Crippen molar-refractivity contribution in [3.63, 3.8) is 0 Å². The lowest BCUT2D eigenvalue weighted by molar-refractivity contribution is -0.144. The fourth-order valence-corrected chi connectivity index (χ4v) is 4.80. The highest BCUT2D eigenvalue weighted by molar-refractivity contribution is 5.86. The van der Waals surface area contributed by atoms with Crippen molar-refractivity contribution in [1.82, 2.24) is 14.8 Å². The molecule has 41 heavy (non-hydrogen) atoms. The molecule has 4 aromatic rings. The molecule has 216 valence electrons. The Morgan fingerprint density at radius 1 is 0.805 bits per heavy atom. The summed E-state index contributed by atoms with van der Waals surface area (Å²) >= 11 is 0. The van der Waals surface area contributed by atoms with Crippen molar-refractivity contribution in [3.8, 4) is 5.75 Å². The van der Waals surface area contributed by atoms with Crippen molar-refractivity contribution in [1.29, 1.82) is 0 Å². The number of nitrogens with zero attached hydrogens (tertiary/aromatic N) is 2. The molecule has 8 heteroatoms. The standard InChI is InChI=1S/C33H39N3O5/c1-39-20-10-18-35(33(38)25-41-24-26-11-4-3-5-12-26)23-32(37)36(22-28-13-6-9-16-31(28)40-2)19-17-27-21-34-30-15-8-7-14-29(27)30/h3-9,11-16,21,34H,10,17-20,22-25H2,1-2H3. The highest BCUT2D eigenvalue weighted by atomic mass is 16.5. The van der Waals surface area contributed by atoms with E-state index in [9.17, 15) is 9.59 Å². The molecule has 4 rings (SSSR count). The monoisotopic (exact) mass is 557 g/mol. The van der Waals surface area contributed by atoms with Gasteiger partial charge in [-0.15, -0.1) is 0 Å². The molecular weight excluding hydrogens is 518 g/mol. The van der Waals surface area contributed by atoms with Crippen LogP contribution in [0, 0.1) is 0 Å². The van der Waals surface area contributed by atoms with Crippen LogP contribution in [0.2, 0.25) is 0 Å². The molecule has 0 radical (unpaired) electrons. The van der Waals surface area contributed by atoms with Crippen LogP contribution < -0.4 is 4.74 Å². The molecule has 1 N–H and O–H groups in total. The minimum Gasteiger partial charge on any atom is -0.496 e. The van der Waals surface area contributed by atoms with Crippen LogP contribution in [0.15, 0.2) is 85.1 Å². The molecule has 8 nitrogen and oxygen atoms in total. The third kappa shape index (κ3) is 8.67. The maximum Gasteiger partial charge on any atom is 0.249 e. The van der Waals surface area contributed by atoms with E-state index < -0.39 is 0 Å². The van der Waals surface area contributed by atoms with Gasteiger partial charge in [-0.05, 0) is 36.1 Å². The van der Waals surface area contributed by atoms with Gasteiger partial charge in [0.2, 0.25) is 11.8 Å². The normalized spacial score (nSPS) is 11.0. The van der Waals surface area contributed by atoms with Crippen molar-refractivity contribution < 1.29 is 23.8 Å². The number of H-pyrrole nitrogens is 1. The second kappa shape index (κ2) is 15.6. The maximum absolute atomic E-state index is 13.8. The van der Waals surface area contributed by atoms with Crippen molar-refractivity contribution in [2.24, 2.45) is 0 Å². The van der Waals surface area contributed by atoms with Gasteiger partial charge in [-0.3, -0.25) is 9.59 Å². The van der Waals surface area contributed by atoms with E-state index in [1.54, 1.807) is 24.0 Å². The van der Waals surface area contributed by atoms with Gasteiger partial charge in [0.1, 0.15) is 12.4 Å². The molecule has 1 heterocycles. The zero-order valence-corrected chi connectivity index (χ0v) is 23.9. The first-order chi connectivity index (χ1) is 20.1. The van der Waals surface area contributed by atoms with E-state index in [4.69, 9.17) is 14.2 Å². The van der Waals surface area contributed by atoms with Crippen molar-refractivity contribution in [3.05, 3.63) is 102 Å². The number of aromatic nitrogens is 1. The molecule has 1 aromatic heterocycles. The molecule has 0 unspecified atom stereocenters. The Hall–Kier alpha value is -4.14. The number of fused-ring (bicyclic) bond motifs is 1. The van der Waals surface area contributed by atoms with Crippen molar-refractivity contribution in [2.75, 3.05) is 47.1 Å². The summed E-state index contributed by atoms with van der Waals surface area (Å²) in [7, 11) is 3.25. The van der Waals surface area contributed by atoms with Crippen molar-refractivity contribution in [2.45, 2.75) is 26.0 Å². The first kappa shape index (κ1) is 29.8. The van der Waals surface area contributed by atoms with Gasteiger partial charge in [0.15, 0.2) is 0 Å². The minimum atomic E-state index is -0.223. The van der Waals surface area contributed by atoms with E-state index in [-0.39, 0.29) is 25.0 Å². The number of benzene rings is 3. The second-order valence-electron chi connectivity index (χ2n) is 9.88. The molecule has 2 amide bonds. The average Bonchev–Trinajstić information content (AvgIpc) is 3.42. The quantitative estimate of drug-likeness (QED) is 0.200. The summed E-state index contributed by atoms with van der Waals surface area (Å²) in [6.07, 6.45) is 3.29. The van der Waals surface area contributed by atoms with Crippen LogP contribution in [-0.4, -0.2) is 73.7 Å². The lowest BCUT2D eigenvalue weighted by Gasteiger charge is -2.28. The van der Waals surface area contributed by atoms with Crippen LogP contribution in [0.1, 0.15) is 23.1 Å². The highest BCUT2D eigenvalue weighted by Gasteiger charge is 2.23. The largest absolute Gasteiger partial charge is 0.496 e. The van der Waals surface area contributed by atoms with Crippen LogP contribution in [0.4, 0.5) is 0 Å². The van der Waals surface area contributed by atoms with Gasteiger partial charge in [-0.1, -0.05) is 66.7 Å². The molecular formula is C33H39N3O5. The summed E-state index contributed by atoms with van der Waals surface area (Å²) in [5, 5.41) is 1.14. The van der Waals surface area contributed by atoms with Gasteiger partial charge in [0.25, 0.3) is 0 Å². The number of amides is 2. The fourth-order valence-electron chi connectivity index (χ4n) is 4.80. The Bertz CT molecular complexity index is 1390. The molecule has 0 aliphatic carbocycles. The predicted molar refractivity (Wildman–Crippen MR) is 160 cm³/mol. The molecule has 0 aliphatic heterocycles. The lowest BCUT2D eigenvalue weighted by atomic mass is 10.1. The summed E-state index contributed by atoms with van der Waals surface area (Å²) in [4.78, 5) is 33.7. The van der Waals surface area contributed by atoms with E-state index in [1.165, 1.54) is 0 Å². The molecule has 0 bridgehead atoms. The molecule has 0 saturated carbocycles. The van der Waals surface area contributed by atoms with Gasteiger partial charge in [-0.2, -0.15) is 0 Å². The SMILES string of the molecule is COCCCN(CC(=O)N(CCc1c[nH]c2ccccc12)Cc1ccccc1OC)C(=O)COCc1ccccc1. The van der Waals surface area contributed by atoms with E-state index >= 15 is 0 Å². The first-order valence-corrected chi connectivity index (χ1v) is 13.9. The van der Waals surface area contributed by atoms with Gasteiger partial charge in [-0.25, -0.2) is 0 Å². The molecule has 0 atom stereocenters. The van der Waals surface area contributed by atoms with E-state index in [0.717, 1.165) is 33.3 Å². The zero-order chi connectivity index (χ0) is 28.9. The maximum atomic E-state index is 13.8. The number of methoxy groups -OCH3 is 2. The highest BCUT2D eigenvalue weighted by Crippen LogP contribution is 2.22. The number of hydrogen-bond acceptors (Lipinski definition) is 5. The average molecular weight is 558 g/mol. The summed E-state index contributed by atoms with van der Waals surface area (Å²) in [6, 6.07) is 25.5. The number of ether oxygens (including phenoxy) is 3. The number of carbonyl (C=O) groups excluding carboxylic acids is 2. The first-order valence-electron chi connectivity index (χ1n) is 13.9. The van der Waals surface area contributed by atoms with E-state index in [1.807, 2.05) is 79.0 Å². The number of para-hydroxylation sites is 2. The van der Waals surface area contributed by atoms with E-state index in [2.05, 4.69) is 11.1 Å². The second-order valence-corrected chi connectivity index (χ2v) is 9.88. The fraction of sp³-hybridized carbons (Fsp3) is 0.333. The van der Waals surface area contributed by atoms with Crippen LogP contribution >= 0.6 is 0 Å². The number of rotatable bonds is 16. The Morgan fingerprint density at radius 2 is 1.56 bits per heavy atom. The van der Waals surface area contributed by atoms with Gasteiger partial charge in [0.05, 0.1) is 20.3 Å². The number of aromatic amines is 1. The van der Waals surface area contributed by atoms with Crippen molar-refractivity contribution >= 4 is 22.7 Å². The number of nitrogens with one attached hydrogen (secondary N) is 1. The Labute approximate surface area is 241 Å². The van der Waals surface area contributed by atoms with Gasteiger partial charge < -0.3 is 29.0 Å². The van der Waals surface area contributed by atoms with Gasteiger partial charge >= 0.3 is 0 Å². The smallest absolute Gasteiger partial charge is 0.249 e. The topological polar surface area (TPSA) is 84.1 Å². The number of hydrogen-bond donors (Lipinski definition) is 1. The zero-order valence-electron chi connectivity index (χ0n) is 23.9. The Morgan fingerprint density at radius 3 is 2.37 bits per heavy atom. The van der Waals surface area contributed by atoms with Crippen LogP contribution in [-0.2, 0) is 38.6 Å². The molecule has 0 saturated heterocycles. The molecule has 0 spiro atoms. The number of carbonyl (C=O) groups is 2. The third-order valence-corrected chi connectivity index (χ3v) is 7.02. The van der Waals surface area contributed by atoms with Crippen LogP contribution in [0.3, 0.4) is 0 Å². The third-order valence-electron chi connectivity index (χ3n) is 7.02. The van der Waals surface area contributed by atoms with Gasteiger partial charge in [0, 0.05) is 56.0 Å². The van der Waals surface area contributed by atoms with E-state index in [0.29, 0.717) is 45.7 Å².